The lowest BCUT2D eigenvalue weighted by Crippen LogP contribution is -2.18. The van der Waals surface area contributed by atoms with Crippen molar-refractivity contribution >= 4 is 23.6 Å². The zero-order valence-electron chi connectivity index (χ0n) is 9.53. The summed E-state index contributed by atoms with van der Waals surface area (Å²) >= 11 is 6.09. The molecule has 0 aliphatic carbocycles. The molecule has 1 rings (SSSR count). The molecule has 0 aromatic carbocycles. The molecule has 0 aliphatic heterocycles. The average Bonchev–Trinajstić information content (AvgIpc) is 2.39. The zero-order valence-corrected chi connectivity index (χ0v) is 10.3. The molecule has 0 spiro atoms. The van der Waals surface area contributed by atoms with Gasteiger partial charge in [0.15, 0.2) is 0 Å². The maximum atomic E-state index is 10.3. The molecule has 0 N–H and O–H groups in total. The average molecular weight is 242 g/mol. The van der Waals surface area contributed by atoms with Crippen LogP contribution in [0.5, 0.6) is 0 Å². The van der Waals surface area contributed by atoms with E-state index in [2.05, 4.69) is 18.9 Å². The van der Waals surface area contributed by atoms with Crippen LogP contribution in [0.2, 0.25) is 5.15 Å². The van der Waals surface area contributed by atoms with Crippen LogP contribution in [-0.2, 0) is 11.3 Å². The Morgan fingerprint density at radius 2 is 2.25 bits per heavy atom. The maximum absolute atomic E-state index is 10.3. The van der Waals surface area contributed by atoms with Crippen molar-refractivity contribution in [2.24, 2.45) is 5.92 Å². The van der Waals surface area contributed by atoms with E-state index in [1.807, 2.05) is 0 Å². The molecule has 5 heteroatoms. The third-order valence-corrected chi connectivity index (χ3v) is 2.43. The van der Waals surface area contributed by atoms with Crippen molar-refractivity contribution in [1.82, 2.24) is 9.78 Å². The van der Waals surface area contributed by atoms with Crippen molar-refractivity contribution < 1.29 is 9.90 Å². The van der Waals surface area contributed by atoms with Crippen LogP contribution < -0.4 is 5.11 Å². The van der Waals surface area contributed by atoms with Gasteiger partial charge in [-0.05, 0) is 25.0 Å². The van der Waals surface area contributed by atoms with E-state index < -0.39 is 5.97 Å². The number of hydrogen-bond donors (Lipinski definition) is 0. The van der Waals surface area contributed by atoms with E-state index in [-0.39, 0.29) is 0 Å². The molecular weight excluding hydrogens is 228 g/mol. The number of carboxylic acid groups (broad SMARTS) is 1. The third kappa shape index (κ3) is 3.10. The first kappa shape index (κ1) is 12.8. The summed E-state index contributed by atoms with van der Waals surface area (Å²) in [4.78, 5) is 10.3. The fourth-order valence-corrected chi connectivity index (χ4v) is 1.68. The summed E-state index contributed by atoms with van der Waals surface area (Å²) in [5.41, 5.74) is 1.34. The second kappa shape index (κ2) is 5.16. The van der Waals surface area contributed by atoms with E-state index in [0.29, 0.717) is 28.9 Å². The highest BCUT2D eigenvalue weighted by atomic mass is 35.5. The molecule has 88 valence electrons. The normalized spacial score (nSPS) is 11.6. The van der Waals surface area contributed by atoms with Crippen molar-refractivity contribution in [1.29, 1.82) is 0 Å². The molecule has 0 fully saturated rings. The predicted molar refractivity (Wildman–Crippen MR) is 60.9 cm³/mol. The molecule has 16 heavy (non-hydrogen) atoms. The Hall–Kier alpha value is -1.29. The standard InChI is InChI=1S/C11H15ClN2O2/c1-7(2)6-14-11(12)9(8(3)13-14)4-5-10(15)16/h4-5,7H,6H2,1-3H3,(H,15,16)/p-1/b5-4+. The van der Waals surface area contributed by atoms with Gasteiger partial charge in [0.1, 0.15) is 5.15 Å². The number of carbonyl (C=O) groups is 1. The summed E-state index contributed by atoms with van der Waals surface area (Å²) in [5, 5.41) is 15.0. The predicted octanol–water partition coefficient (Wildman–Crippen LogP) is 1.26. The Balaban J connectivity index is 3.02. The molecule has 0 saturated carbocycles. The summed E-state index contributed by atoms with van der Waals surface area (Å²) in [6.45, 7) is 6.62. The van der Waals surface area contributed by atoms with Crippen molar-refractivity contribution in [3.05, 3.63) is 22.5 Å². The van der Waals surface area contributed by atoms with Crippen LogP contribution in [0.25, 0.3) is 6.08 Å². The van der Waals surface area contributed by atoms with Crippen molar-refractivity contribution in [2.75, 3.05) is 0 Å². The third-order valence-electron chi connectivity index (χ3n) is 2.03. The fourth-order valence-electron chi connectivity index (χ4n) is 1.37. The fraction of sp³-hybridized carbons (Fsp3) is 0.455. The number of nitrogens with zero attached hydrogens (tertiary/aromatic N) is 2. The second-order valence-corrected chi connectivity index (χ2v) is 4.38. The van der Waals surface area contributed by atoms with E-state index in [0.717, 1.165) is 6.08 Å². The molecular formula is C11H14ClN2O2-. The van der Waals surface area contributed by atoms with Crippen molar-refractivity contribution in [3.63, 3.8) is 0 Å². The minimum Gasteiger partial charge on any atom is -0.545 e. The van der Waals surface area contributed by atoms with Gasteiger partial charge in [-0.1, -0.05) is 25.4 Å². The quantitative estimate of drug-likeness (QED) is 0.746. The molecule has 0 radical (unpaired) electrons. The van der Waals surface area contributed by atoms with Gasteiger partial charge in [-0.25, -0.2) is 0 Å². The van der Waals surface area contributed by atoms with Gasteiger partial charge in [0.05, 0.1) is 11.7 Å². The summed E-state index contributed by atoms with van der Waals surface area (Å²) in [6.07, 6.45) is 2.37. The van der Waals surface area contributed by atoms with Crippen LogP contribution in [0, 0.1) is 12.8 Å². The molecule has 0 unspecified atom stereocenters. The lowest BCUT2D eigenvalue weighted by molar-refractivity contribution is -0.297. The van der Waals surface area contributed by atoms with Gasteiger partial charge >= 0.3 is 0 Å². The van der Waals surface area contributed by atoms with Gasteiger partial charge in [0.25, 0.3) is 0 Å². The molecule has 0 saturated heterocycles. The SMILES string of the molecule is Cc1nn(CC(C)C)c(Cl)c1/C=C/C(=O)[O-]. The molecule has 0 amide bonds. The van der Waals surface area contributed by atoms with Gasteiger partial charge in [-0.2, -0.15) is 5.10 Å². The lowest BCUT2D eigenvalue weighted by atomic mass is 10.2. The number of carbonyl (C=O) groups excluding carboxylic acids is 1. The molecule has 1 aromatic rings. The van der Waals surface area contributed by atoms with E-state index in [1.54, 1.807) is 11.6 Å². The van der Waals surface area contributed by atoms with Crippen LogP contribution in [0.15, 0.2) is 6.08 Å². The number of hydrogen-bond acceptors (Lipinski definition) is 3. The highest BCUT2D eigenvalue weighted by molar-refractivity contribution is 6.31. The first-order chi connectivity index (χ1) is 7.41. The Morgan fingerprint density at radius 3 is 2.75 bits per heavy atom. The van der Waals surface area contributed by atoms with Crippen LogP contribution in [0.4, 0.5) is 0 Å². The highest BCUT2D eigenvalue weighted by Crippen LogP contribution is 2.22. The van der Waals surface area contributed by atoms with Crippen molar-refractivity contribution in [2.45, 2.75) is 27.3 Å². The van der Waals surface area contributed by atoms with Crippen LogP contribution in [-0.4, -0.2) is 15.7 Å². The topological polar surface area (TPSA) is 58.0 Å². The number of halogens is 1. The minimum atomic E-state index is -1.24. The monoisotopic (exact) mass is 241 g/mol. The van der Waals surface area contributed by atoms with Crippen molar-refractivity contribution in [3.8, 4) is 0 Å². The highest BCUT2D eigenvalue weighted by Gasteiger charge is 2.11. The smallest absolute Gasteiger partial charge is 0.134 e. The Bertz CT molecular complexity index is 422. The summed E-state index contributed by atoms with van der Waals surface area (Å²) in [6, 6.07) is 0. The first-order valence-corrected chi connectivity index (χ1v) is 5.41. The van der Waals surface area contributed by atoms with E-state index in [4.69, 9.17) is 11.6 Å². The molecule has 0 bridgehead atoms. The zero-order chi connectivity index (χ0) is 12.3. The second-order valence-electron chi connectivity index (χ2n) is 4.02. The largest absolute Gasteiger partial charge is 0.545 e. The number of rotatable bonds is 4. The van der Waals surface area contributed by atoms with Crippen LogP contribution in [0.1, 0.15) is 25.1 Å². The van der Waals surface area contributed by atoms with E-state index in [9.17, 15) is 9.90 Å². The molecule has 4 nitrogen and oxygen atoms in total. The van der Waals surface area contributed by atoms with E-state index >= 15 is 0 Å². The summed E-state index contributed by atoms with van der Waals surface area (Å²) in [5.74, 6) is -0.818. The lowest BCUT2D eigenvalue weighted by Gasteiger charge is -2.05. The van der Waals surface area contributed by atoms with Crippen LogP contribution in [0.3, 0.4) is 0 Å². The van der Waals surface area contributed by atoms with Crippen LogP contribution >= 0.6 is 11.6 Å². The van der Waals surface area contributed by atoms with Gasteiger partial charge in [0, 0.05) is 12.1 Å². The van der Waals surface area contributed by atoms with Gasteiger partial charge in [-0.3, -0.25) is 4.68 Å². The molecule has 0 atom stereocenters. The molecule has 0 aliphatic rings. The summed E-state index contributed by atoms with van der Waals surface area (Å²) in [7, 11) is 0. The Kier molecular flexibility index (Phi) is 4.12. The van der Waals surface area contributed by atoms with Gasteiger partial charge in [-0.15, -0.1) is 0 Å². The Morgan fingerprint density at radius 1 is 1.62 bits per heavy atom. The number of carboxylic acids is 1. The first-order valence-electron chi connectivity index (χ1n) is 5.03. The Labute approximate surface area is 99.5 Å². The van der Waals surface area contributed by atoms with Gasteiger partial charge in [0.2, 0.25) is 0 Å². The minimum absolute atomic E-state index is 0.426. The van der Waals surface area contributed by atoms with Gasteiger partial charge < -0.3 is 9.90 Å². The number of aliphatic carboxylic acids is 1. The molecule has 1 aromatic heterocycles. The number of aryl methyl sites for hydroxylation is 1. The molecule has 1 heterocycles. The summed E-state index contributed by atoms with van der Waals surface area (Å²) < 4.78 is 1.68. The van der Waals surface area contributed by atoms with E-state index in [1.165, 1.54) is 6.08 Å². The maximum Gasteiger partial charge on any atom is 0.134 e. The number of aromatic nitrogens is 2.